The molecular weight excluding hydrogens is 740 g/mol. The Bertz CT molecular complexity index is 1840. The van der Waals surface area contributed by atoms with Gasteiger partial charge in [0.25, 0.3) is 0 Å². The van der Waals surface area contributed by atoms with E-state index in [0.717, 1.165) is 0 Å². The Balaban J connectivity index is 1.32. The van der Waals surface area contributed by atoms with Crippen molar-refractivity contribution in [2.45, 2.75) is 105 Å². The lowest BCUT2D eigenvalue weighted by Crippen LogP contribution is -2.37. The van der Waals surface area contributed by atoms with Crippen molar-refractivity contribution in [1.82, 2.24) is 15.1 Å². The Hall–Kier alpha value is -5.48. The van der Waals surface area contributed by atoms with E-state index in [4.69, 9.17) is 28.4 Å². The monoisotopic (exact) mass is 789 g/mol. The van der Waals surface area contributed by atoms with Gasteiger partial charge in [0.1, 0.15) is 23.3 Å². The van der Waals surface area contributed by atoms with Crippen LogP contribution >= 0.6 is 0 Å². The van der Waals surface area contributed by atoms with Gasteiger partial charge >= 0.3 is 18.0 Å². The molecule has 2 aromatic carbocycles. The number of benzene rings is 2. The maximum atomic E-state index is 16.0. The molecule has 0 saturated carbocycles. The summed E-state index contributed by atoms with van der Waals surface area (Å²) in [4.78, 5) is 77.8. The molecule has 3 amide bonds. The molecule has 2 aliphatic heterocycles. The lowest BCUT2D eigenvalue weighted by molar-refractivity contribution is -0.150. The number of halogens is 2. The maximum absolute atomic E-state index is 16.0. The molecule has 56 heavy (non-hydrogen) atoms. The average molecular weight is 790 g/mol. The normalized spacial score (nSPS) is 13.7. The van der Waals surface area contributed by atoms with Crippen LogP contribution in [0.4, 0.5) is 13.6 Å². The van der Waals surface area contributed by atoms with Gasteiger partial charge in [-0.05, 0) is 57.9 Å². The largest absolute Gasteiger partial charge is 0.496 e. The molecule has 0 radical (unpaired) electrons. The van der Waals surface area contributed by atoms with E-state index in [-0.39, 0.29) is 118 Å². The van der Waals surface area contributed by atoms with Gasteiger partial charge < -0.3 is 43.5 Å². The highest BCUT2D eigenvalue weighted by Crippen LogP contribution is 2.40. The van der Waals surface area contributed by atoms with Gasteiger partial charge in [-0.3, -0.25) is 24.0 Å². The number of hydrogen-bond acceptors (Lipinski definition) is 12. The quantitative estimate of drug-likeness (QED) is 0.131. The molecule has 1 N–H and O–H groups in total. The Morgan fingerprint density at radius 3 is 1.89 bits per heavy atom. The first-order chi connectivity index (χ1) is 26.5. The standard InChI is InChI=1S/C39H49F2N3O12/c1-8-53-32(48)11-9-30(46)44-19-24-16-29(52-7)37(36(41)26(24)21-44)54-14-13-27(45)34-28(51-6)15-23-18-43(20-25(23)35(34)40)31(47)10-12-33(49)55-22(2)17-42-38(50)56-39(3,4)5/h15-16,22H,8-14,17-21H2,1-7H3,(H,42,50)/t22-/m0/s1. The van der Waals surface area contributed by atoms with Crippen molar-refractivity contribution >= 4 is 35.6 Å². The second-order valence-electron chi connectivity index (χ2n) is 14.3. The molecule has 0 saturated heterocycles. The third-order valence-electron chi connectivity index (χ3n) is 8.88. The van der Waals surface area contributed by atoms with Crippen LogP contribution in [0.2, 0.25) is 0 Å². The number of carbonyl (C=O) groups excluding carboxylic acids is 6. The van der Waals surface area contributed by atoms with E-state index in [9.17, 15) is 28.8 Å². The summed E-state index contributed by atoms with van der Waals surface area (Å²) >= 11 is 0. The van der Waals surface area contributed by atoms with E-state index in [1.807, 2.05) is 0 Å². The Kier molecular flexibility index (Phi) is 14.6. The molecule has 0 aromatic heterocycles. The molecule has 2 heterocycles. The number of fused-ring (bicyclic) bond motifs is 2. The number of hydrogen-bond donors (Lipinski definition) is 1. The fourth-order valence-electron chi connectivity index (χ4n) is 6.21. The number of alkyl carbamates (subject to hydrolysis) is 1. The van der Waals surface area contributed by atoms with Crippen molar-refractivity contribution < 1.29 is 66.0 Å². The first-order valence-corrected chi connectivity index (χ1v) is 18.3. The second kappa shape index (κ2) is 18.9. The van der Waals surface area contributed by atoms with Crippen LogP contribution in [0.15, 0.2) is 12.1 Å². The highest BCUT2D eigenvalue weighted by molar-refractivity contribution is 5.99. The molecule has 0 spiro atoms. The number of Topliss-reactive ketones (excluding diaryl/α,β-unsaturated/α-hetero) is 1. The van der Waals surface area contributed by atoms with Crippen LogP contribution < -0.4 is 19.5 Å². The zero-order chi connectivity index (χ0) is 41.3. The van der Waals surface area contributed by atoms with Gasteiger partial charge in [-0.25, -0.2) is 13.6 Å². The van der Waals surface area contributed by atoms with Crippen molar-refractivity contribution in [3.05, 3.63) is 51.6 Å². The zero-order valence-corrected chi connectivity index (χ0v) is 32.8. The topological polar surface area (TPSA) is 176 Å². The van der Waals surface area contributed by atoms with Gasteiger partial charge in [-0.2, -0.15) is 0 Å². The number of ketones is 1. The first kappa shape index (κ1) is 43.3. The Morgan fingerprint density at radius 1 is 0.786 bits per heavy atom. The fraction of sp³-hybridized carbons (Fsp3) is 0.538. The van der Waals surface area contributed by atoms with Crippen LogP contribution in [0.25, 0.3) is 0 Å². The smallest absolute Gasteiger partial charge is 0.407 e. The number of nitrogens with zero attached hydrogens (tertiary/aromatic N) is 2. The van der Waals surface area contributed by atoms with Crippen molar-refractivity contribution in [2.24, 2.45) is 0 Å². The predicted octanol–water partition coefficient (Wildman–Crippen LogP) is 4.90. The molecule has 2 aliphatic rings. The number of esters is 2. The van der Waals surface area contributed by atoms with Crippen molar-refractivity contribution in [2.75, 3.05) is 34.0 Å². The minimum atomic E-state index is -0.862. The summed E-state index contributed by atoms with van der Waals surface area (Å²) in [5.74, 6) is -4.55. The van der Waals surface area contributed by atoms with E-state index in [1.165, 1.54) is 30.1 Å². The van der Waals surface area contributed by atoms with E-state index >= 15 is 8.78 Å². The molecule has 1 atom stereocenters. The molecule has 17 heteroatoms. The van der Waals surface area contributed by atoms with Gasteiger partial charge in [0.15, 0.2) is 23.1 Å². The summed E-state index contributed by atoms with van der Waals surface area (Å²) in [7, 11) is 2.59. The van der Waals surface area contributed by atoms with Gasteiger partial charge in [0.2, 0.25) is 11.8 Å². The maximum Gasteiger partial charge on any atom is 0.407 e. The molecule has 0 unspecified atom stereocenters. The van der Waals surface area contributed by atoms with Crippen LogP contribution in [0.1, 0.15) is 99.3 Å². The minimum Gasteiger partial charge on any atom is -0.496 e. The molecule has 15 nitrogen and oxygen atoms in total. The van der Waals surface area contributed by atoms with Gasteiger partial charge in [0, 0.05) is 56.6 Å². The number of nitrogens with one attached hydrogen (secondary N) is 1. The van der Waals surface area contributed by atoms with Gasteiger partial charge in [-0.1, -0.05) is 0 Å². The number of ether oxygens (including phenoxy) is 6. The molecule has 4 rings (SSSR count). The van der Waals surface area contributed by atoms with E-state index in [2.05, 4.69) is 5.32 Å². The summed E-state index contributed by atoms with van der Waals surface area (Å²) in [6.07, 6.45) is -2.37. The molecule has 0 bridgehead atoms. The highest BCUT2D eigenvalue weighted by Gasteiger charge is 2.33. The fourth-order valence-corrected chi connectivity index (χ4v) is 6.21. The van der Waals surface area contributed by atoms with Crippen molar-refractivity contribution in [3.63, 3.8) is 0 Å². The Morgan fingerprint density at radius 2 is 1.34 bits per heavy atom. The third kappa shape index (κ3) is 11.1. The lowest BCUT2D eigenvalue weighted by atomic mass is 9.99. The average Bonchev–Trinajstić information content (AvgIpc) is 3.77. The molecular formula is C39H49F2N3O12. The van der Waals surface area contributed by atoms with Crippen LogP contribution in [-0.2, 0) is 59.6 Å². The second-order valence-corrected chi connectivity index (χ2v) is 14.3. The highest BCUT2D eigenvalue weighted by atomic mass is 19.1. The number of methoxy groups -OCH3 is 2. The summed E-state index contributed by atoms with van der Waals surface area (Å²) in [5.41, 5.74) is 0.237. The molecule has 306 valence electrons. The summed E-state index contributed by atoms with van der Waals surface area (Å²) < 4.78 is 63.4. The van der Waals surface area contributed by atoms with Crippen LogP contribution in [-0.4, -0.2) is 91.1 Å². The number of rotatable bonds is 17. The van der Waals surface area contributed by atoms with Crippen molar-refractivity contribution in [1.29, 1.82) is 0 Å². The zero-order valence-electron chi connectivity index (χ0n) is 32.8. The molecule has 0 fully saturated rings. The Labute approximate surface area is 323 Å². The van der Waals surface area contributed by atoms with Crippen LogP contribution in [0.3, 0.4) is 0 Å². The molecule has 2 aromatic rings. The molecule has 0 aliphatic carbocycles. The van der Waals surface area contributed by atoms with Crippen LogP contribution in [0.5, 0.6) is 17.2 Å². The van der Waals surface area contributed by atoms with E-state index in [0.29, 0.717) is 11.1 Å². The van der Waals surface area contributed by atoms with Gasteiger partial charge in [-0.15, -0.1) is 0 Å². The van der Waals surface area contributed by atoms with Gasteiger partial charge in [0.05, 0.1) is 52.4 Å². The predicted molar refractivity (Wildman–Crippen MR) is 194 cm³/mol. The summed E-state index contributed by atoms with van der Waals surface area (Å²) in [6.45, 7) is 8.16. The van der Waals surface area contributed by atoms with E-state index < -0.39 is 53.1 Å². The summed E-state index contributed by atoms with van der Waals surface area (Å²) in [6, 6.07) is 3.02. The minimum absolute atomic E-state index is 0.00730. The lowest BCUT2D eigenvalue weighted by Gasteiger charge is -2.21. The third-order valence-corrected chi connectivity index (χ3v) is 8.88. The number of amides is 3. The number of carbonyl (C=O) groups is 6. The van der Waals surface area contributed by atoms with Crippen molar-refractivity contribution in [3.8, 4) is 17.2 Å². The SMILES string of the molecule is CCOC(=O)CCC(=O)N1Cc2cc(OC)c(OCCC(=O)c3c(OC)cc4c(c3F)CN(C(=O)CCC(=O)O[C@@H](C)CNC(=O)OC(C)(C)C)C4)c(F)c2C1. The first-order valence-electron chi connectivity index (χ1n) is 18.3. The van der Waals surface area contributed by atoms with Crippen LogP contribution in [0, 0.1) is 11.6 Å². The summed E-state index contributed by atoms with van der Waals surface area (Å²) in [5, 5.41) is 2.51. The van der Waals surface area contributed by atoms with E-state index in [1.54, 1.807) is 40.7 Å².